The van der Waals surface area contributed by atoms with Crippen LogP contribution in [0.4, 0.5) is 9.59 Å². The van der Waals surface area contributed by atoms with E-state index < -0.39 is 0 Å². The second-order valence-electron chi connectivity index (χ2n) is 3.88. The van der Waals surface area contributed by atoms with E-state index in [1.54, 1.807) is 0 Å². The van der Waals surface area contributed by atoms with Gasteiger partial charge in [0.25, 0.3) is 0 Å². The van der Waals surface area contributed by atoms with Crippen molar-refractivity contribution in [2.24, 2.45) is 0 Å². The average Bonchev–Trinajstić information content (AvgIpc) is 2.42. The number of rotatable bonds is 8. The van der Waals surface area contributed by atoms with E-state index in [0.717, 1.165) is 21.6 Å². The molecule has 12 heteroatoms. The standard InChI is InChI=1S/C10H20N2O4S4.2ClH/c1-7(2)12(20-18-10(14)16-5)8(3)6-11-19-17-9(13)15-4;;/h7-8,11H,6H2,1-5H3;2*1H. The van der Waals surface area contributed by atoms with Gasteiger partial charge in [-0.25, -0.2) is 13.9 Å². The van der Waals surface area contributed by atoms with Gasteiger partial charge in [0.05, 0.1) is 14.2 Å². The molecule has 0 saturated heterocycles. The number of carbonyl (C=O) groups excluding carboxylic acids is 2. The normalized spacial score (nSPS) is 11.4. The Kier molecular flexibility index (Phi) is 21.0. The van der Waals surface area contributed by atoms with Gasteiger partial charge in [-0.2, -0.15) is 0 Å². The molecule has 1 atom stereocenters. The molecular weight excluding hydrogens is 411 g/mol. The molecular formula is C10H22Cl2N2O4S4. The van der Waals surface area contributed by atoms with Crippen LogP contribution in [0.15, 0.2) is 0 Å². The van der Waals surface area contributed by atoms with Crippen LogP contribution >= 0.6 is 68.4 Å². The number of ether oxygens (including phenoxy) is 2. The molecule has 0 aliphatic rings. The van der Waals surface area contributed by atoms with Crippen molar-refractivity contribution in [2.75, 3.05) is 20.8 Å². The summed E-state index contributed by atoms with van der Waals surface area (Å²) in [6.07, 6.45) is 0. The lowest BCUT2D eigenvalue weighted by Crippen LogP contribution is -2.38. The zero-order valence-electron chi connectivity index (χ0n) is 12.9. The fourth-order valence-electron chi connectivity index (χ4n) is 1.12. The average molecular weight is 433 g/mol. The number of nitrogens with one attached hydrogen (secondary N) is 1. The highest BCUT2D eigenvalue weighted by molar-refractivity contribution is 8.81. The van der Waals surface area contributed by atoms with Crippen LogP contribution in [0.3, 0.4) is 0 Å². The van der Waals surface area contributed by atoms with E-state index in [9.17, 15) is 9.59 Å². The lowest BCUT2D eigenvalue weighted by molar-refractivity contribution is 0.200. The van der Waals surface area contributed by atoms with E-state index in [-0.39, 0.29) is 47.5 Å². The summed E-state index contributed by atoms with van der Waals surface area (Å²) in [5, 5.41) is -0.664. The zero-order valence-corrected chi connectivity index (χ0v) is 17.8. The van der Waals surface area contributed by atoms with Crippen molar-refractivity contribution in [2.45, 2.75) is 32.9 Å². The van der Waals surface area contributed by atoms with Crippen LogP contribution in [0.2, 0.25) is 0 Å². The summed E-state index contributed by atoms with van der Waals surface area (Å²) in [4.78, 5) is 22.1. The van der Waals surface area contributed by atoms with Gasteiger partial charge in [-0.1, -0.05) is 0 Å². The zero-order chi connectivity index (χ0) is 15.5. The largest absolute Gasteiger partial charge is 0.460 e. The van der Waals surface area contributed by atoms with Crippen LogP contribution in [0.5, 0.6) is 0 Å². The van der Waals surface area contributed by atoms with Gasteiger partial charge in [-0.3, -0.25) is 4.72 Å². The smallest absolute Gasteiger partial charge is 0.379 e. The molecule has 0 aromatic carbocycles. The Morgan fingerprint density at radius 2 is 1.55 bits per heavy atom. The van der Waals surface area contributed by atoms with Gasteiger partial charge >= 0.3 is 10.6 Å². The first kappa shape index (κ1) is 27.7. The number of methoxy groups -OCH3 is 2. The number of carbonyl (C=O) groups is 2. The van der Waals surface area contributed by atoms with Gasteiger partial charge in [0.1, 0.15) is 0 Å². The minimum absolute atomic E-state index is 0. The van der Waals surface area contributed by atoms with E-state index >= 15 is 0 Å². The molecule has 1 unspecified atom stereocenters. The molecule has 134 valence electrons. The Hall–Kier alpha value is 0.840. The van der Waals surface area contributed by atoms with Gasteiger partial charge < -0.3 is 9.47 Å². The molecule has 0 aromatic rings. The third-order valence-corrected chi connectivity index (χ3v) is 6.18. The van der Waals surface area contributed by atoms with Crippen LogP contribution in [0.1, 0.15) is 20.8 Å². The molecule has 0 aromatic heterocycles. The molecule has 0 aliphatic heterocycles. The fraction of sp³-hybridized carbons (Fsp3) is 0.800. The van der Waals surface area contributed by atoms with Crippen LogP contribution in [-0.2, 0) is 9.47 Å². The maximum atomic E-state index is 11.1. The van der Waals surface area contributed by atoms with Crippen molar-refractivity contribution in [1.82, 2.24) is 9.03 Å². The molecule has 6 nitrogen and oxygen atoms in total. The Bertz CT molecular complexity index is 317. The van der Waals surface area contributed by atoms with Crippen molar-refractivity contribution in [3.05, 3.63) is 0 Å². The lowest BCUT2D eigenvalue weighted by Gasteiger charge is -2.30. The van der Waals surface area contributed by atoms with E-state index in [4.69, 9.17) is 0 Å². The lowest BCUT2D eigenvalue weighted by atomic mass is 10.3. The Balaban J connectivity index is -0.00000180. The van der Waals surface area contributed by atoms with E-state index in [1.165, 1.54) is 36.2 Å². The van der Waals surface area contributed by atoms with Gasteiger partial charge in [-0.05, 0) is 20.8 Å². The molecule has 22 heavy (non-hydrogen) atoms. The topological polar surface area (TPSA) is 67.9 Å². The summed E-state index contributed by atoms with van der Waals surface area (Å²) in [6.45, 7) is 6.82. The molecule has 1 N–H and O–H groups in total. The maximum absolute atomic E-state index is 11.1. The summed E-state index contributed by atoms with van der Waals surface area (Å²) in [7, 11) is 7.36. The first-order valence-electron chi connectivity index (χ1n) is 5.77. The van der Waals surface area contributed by atoms with Crippen molar-refractivity contribution in [3.8, 4) is 0 Å². The minimum atomic E-state index is -0.341. The van der Waals surface area contributed by atoms with Crippen molar-refractivity contribution in [3.63, 3.8) is 0 Å². The van der Waals surface area contributed by atoms with Gasteiger partial charge in [0.15, 0.2) is 0 Å². The van der Waals surface area contributed by atoms with E-state index in [0.29, 0.717) is 6.54 Å². The van der Waals surface area contributed by atoms with Crippen LogP contribution in [0.25, 0.3) is 0 Å². The van der Waals surface area contributed by atoms with Gasteiger partial charge in [0.2, 0.25) is 0 Å². The van der Waals surface area contributed by atoms with Crippen molar-refractivity contribution in [1.29, 1.82) is 0 Å². The maximum Gasteiger partial charge on any atom is 0.379 e. The summed E-state index contributed by atoms with van der Waals surface area (Å²) in [5.74, 6) is 0. The first-order chi connectivity index (χ1) is 9.42. The molecule has 0 bridgehead atoms. The Labute approximate surface area is 160 Å². The summed E-state index contributed by atoms with van der Waals surface area (Å²) in [6, 6.07) is 0.454. The second-order valence-corrected chi connectivity index (χ2v) is 7.86. The van der Waals surface area contributed by atoms with Crippen molar-refractivity contribution < 1.29 is 19.1 Å². The predicted molar refractivity (Wildman–Crippen MR) is 104 cm³/mol. The van der Waals surface area contributed by atoms with Crippen molar-refractivity contribution >= 4 is 79.0 Å². The Morgan fingerprint density at radius 3 is 2.00 bits per heavy atom. The predicted octanol–water partition coefficient (Wildman–Crippen LogP) is 4.64. The fourth-order valence-corrected chi connectivity index (χ4v) is 4.62. The third kappa shape index (κ3) is 13.3. The SMILES string of the molecule is COC(=O)SSNCC(C)N(SSC(=O)OC)C(C)C.Cl.Cl. The van der Waals surface area contributed by atoms with E-state index in [1.807, 2.05) is 6.92 Å². The molecule has 0 spiro atoms. The quantitative estimate of drug-likeness (QED) is 0.253. The van der Waals surface area contributed by atoms with Crippen LogP contribution in [-0.4, -0.2) is 47.8 Å². The molecule has 0 heterocycles. The Morgan fingerprint density at radius 1 is 1.05 bits per heavy atom. The number of hydrogen-bond donors (Lipinski definition) is 1. The number of hydrogen-bond acceptors (Lipinski definition) is 10. The third-order valence-electron chi connectivity index (χ3n) is 2.02. The summed E-state index contributed by atoms with van der Waals surface area (Å²) >= 11 is 0. The molecule has 0 saturated carbocycles. The molecule has 0 amide bonds. The first-order valence-corrected chi connectivity index (χ1v) is 10.0. The second kappa shape index (κ2) is 16.7. The summed E-state index contributed by atoms with van der Waals surface area (Å²) < 4.78 is 14.3. The van der Waals surface area contributed by atoms with E-state index in [2.05, 4.69) is 32.3 Å². The highest BCUT2D eigenvalue weighted by Crippen LogP contribution is 2.31. The minimum Gasteiger partial charge on any atom is -0.460 e. The number of halogens is 2. The van der Waals surface area contributed by atoms with Gasteiger partial charge in [0, 0.05) is 62.2 Å². The monoisotopic (exact) mass is 432 g/mol. The molecule has 0 radical (unpaired) electrons. The highest BCUT2D eigenvalue weighted by Gasteiger charge is 2.20. The van der Waals surface area contributed by atoms with Crippen LogP contribution in [0, 0.1) is 0 Å². The van der Waals surface area contributed by atoms with Crippen LogP contribution < -0.4 is 4.72 Å². The number of nitrogens with zero attached hydrogens (tertiary/aromatic N) is 1. The summed E-state index contributed by atoms with van der Waals surface area (Å²) in [5.41, 5.74) is 0. The van der Waals surface area contributed by atoms with Gasteiger partial charge in [-0.15, -0.1) is 24.8 Å². The highest BCUT2D eigenvalue weighted by atomic mass is 35.5. The molecule has 0 rings (SSSR count). The molecule has 0 fully saturated rings. The molecule has 0 aliphatic carbocycles.